The fraction of sp³-hybridized carbons (Fsp3) is 0.444. The first kappa shape index (κ1) is 20.1. The topological polar surface area (TPSA) is 104 Å². The summed E-state index contributed by atoms with van der Waals surface area (Å²) >= 11 is 0. The van der Waals surface area contributed by atoms with Gasteiger partial charge in [-0.05, 0) is 64.8 Å². The second-order valence-electron chi connectivity index (χ2n) is 7.34. The highest BCUT2D eigenvalue weighted by atomic mass is 32.2. The molecule has 1 amide bonds. The van der Waals surface area contributed by atoms with Crippen LogP contribution in [0.1, 0.15) is 44.1 Å². The fourth-order valence-corrected chi connectivity index (χ4v) is 4.07. The van der Waals surface area contributed by atoms with Crippen molar-refractivity contribution in [3.05, 3.63) is 41.2 Å². The number of amides is 1. The number of aromatic nitrogens is 2. The minimum atomic E-state index is -3.65. The molecule has 1 heterocycles. The van der Waals surface area contributed by atoms with Crippen LogP contribution in [0.25, 0.3) is 0 Å². The van der Waals surface area contributed by atoms with Gasteiger partial charge in [0.2, 0.25) is 15.9 Å². The van der Waals surface area contributed by atoms with E-state index < -0.39 is 15.6 Å². The van der Waals surface area contributed by atoms with Crippen LogP contribution in [0.2, 0.25) is 0 Å². The van der Waals surface area contributed by atoms with Gasteiger partial charge in [-0.25, -0.2) is 13.1 Å². The van der Waals surface area contributed by atoms with Gasteiger partial charge in [0.15, 0.2) is 0 Å². The number of rotatable bonds is 6. The molecule has 0 fully saturated rings. The molecular formula is C18H26N4O3S. The number of H-pyrrole nitrogens is 1. The molecule has 8 heteroatoms. The van der Waals surface area contributed by atoms with Gasteiger partial charge in [0.05, 0.1) is 10.6 Å². The zero-order valence-corrected chi connectivity index (χ0v) is 16.6. The first-order chi connectivity index (χ1) is 12.0. The van der Waals surface area contributed by atoms with Gasteiger partial charge in [0, 0.05) is 23.3 Å². The Bertz CT molecular complexity index is 876. The van der Waals surface area contributed by atoms with Gasteiger partial charge < -0.3 is 5.32 Å². The highest BCUT2D eigenvalue weighted by molar-refractivity contribution is 7.89. The quantitative estimate of drug-likeness (QED) is 0.719. The number of anilines is 1. The molecule has 0 aliphatic rings. The van der Waals surface area contributed by atoms with Crippen LogP contribution >= 0.6 is 0 Å². The number of carbonyl (C=O) groups is 1. The number of aryl methyl sites for hydroxylation is 2. The molecule has 2 rings (SSSR count). The predicted octanol–water partition coefficient (Wildman–Crippen LogP) is 2.67. The minimum Gasteiger partial charge on any atom is -0.326 e. The van der Waals surface area contributed by atoms with Crippen molar-refractivity contribution in [3.8, 4) is 0 Å². The van der Waals surface area contributed by atoms with E-state index in [9.17, 15) is 13.2 Å². The third-order valence-corrected chi connectivity index (χ3v) is 5.51. The maximum absolute atomic E-state index is 12.4. The van der Waals surface area contributed by atoms with Crippen molar-refractivity contribution >= 4 is 21.6 Å². The molecule has 0 spiro atoms. The van der Waals surface area contributed by atoms with Crippen LogP contribution in [0.4, 0.5) is 5.69 Å². The number of nitrogens with one attached hydrogen (secondary N) is 3. The summed E-state index contributed by atoms with van der Waals surface area (Å²) in [6.07, 6.45) is 0.863. The van der Waals surface area contributed by atoms with E-state index in [0.717, 1.165) is 17.0 Å². The molecule has 0 atom stereocenters. The maximum atomic E-state index is 12.4. The Morgan fingerprint density at radius 1 is 1.23 bits per heavy atom. The average molecular weight is 378 g/mol. The van der Waals surface area contributed by atoms with E-state index in [4.69, 9.17) is 0 Å². The predicted molar refractivity (Wildman–Crippen MR) is 102 cm³/mol. The third kappa shape index (κ3) is 5.40. The molecule has 0 aliphatic carbocycles. The second kappa shape index (κ2) is 7.59. The van der Waals surface area contributed by atoms with Crippen molar-refractivity contribution < 1.29 is 13.2 Å². The van der Waals surface area contributed by atoms with Crippen LogP contribution in [0.5, 0.6) is 0 Å². The summed E-state index contributed by atoms with van der Waals surface area (Å²) in [5.74, 6) is -0.177. The maximum Gasteiger partial charge on any atom is 0.241 e. The van der Waals surface area contributed by atoms with Crippen LogP contribution in [0.15, 0.2) is 29.2 Å². The Hall–Kier alpha value is -2.19. The van der Waals surface area contributed by atoms with Gasteiger partial charge >= 0.3 is 0 Å². The normalized spacial score (nSPS) is 12.2. The number of benzene rings is 1. The van der Waals surface area contributed by atoms with Gasteiger partial charge in [-0.1, -0.05) is 6.07 Å². The number of carbonyl (C=O) groups excluding carboxylic acids is 1. The number of hydrogen-bond acceptors (Lipinski definition) is 4. The van der Waals surface area contributed by atoms with Gasteiger partial charge in [0.1, 0.15) is 0 Å². The van der Waals surface area contributed by atoms with Crippen LogP contribution in [-0.4, -0.2) is 30.1 Å². The zero-order chi connectivity index (χ0) is 19.5. The standard InChI is InChI=1S/C18H26N4O3S/c1-12-16(13(2)21-20-12)9-10-17(23)19-14-7-6-8-15(11-14)26(24,25)22-18(3,4)5/h6-8,11,22H,9-10H2,1-5H3,(H,19,23)(H,20,21). The van der Waals surface area contributed by atoms with Crippen molar-refractivity contribution in [3.63, 3.8) is 0 Å². The van der Waals surface area contributed by atoms with Crippen LogP contribution in [-0.2, 0) is 21.2 Å². The van der Waals surface area contributed by atoms with Crippen LogP contribution in [0.3, 0.4) is 0 Å². The zero-order valence-electron chi connectivity index (χ0n) is 15.8. The molecule has 7 nitrogen and oxygen atoms in total. The molecule has 142 valence electrons. The van der Waals surface area contributed by atoms with Gasteiger partial charge in [-0.15, -0.1) is 0 Å². The van der Waals surface area contributed by atoms with Crippen molar-refractivity contribution in [1.82, 2.24) is 14.9 Å². The summed E-state index contributed by atoms with van der Waals surface area (Å²) in [6, 6.07) is 6.24. The van der Waals surface area contributed by atoms with Gasteiger partial charge in [-0.3, -0.25) is 9.89 Å². The third-order valence-electron chi connectivity index (χ3n) is 3.75. The van der Waals surface area contributed by atoms with Gasteiger partial charge in [-0.2, -0.15) is 5.10 Å². The number of hydrogen-bond donors (Lipinski definition) is 3. The number of sulfonamides is 1. The summed E-state index contributed by atoms with van der Waals surface area (Å²) in [6.45, 7) is 9.14. The van der Waals surface area contributed by atoms with E-state index in [2.05, 4.69) is 20.2 Å². The van der Waals surface area contributed by atoms with E-state index in [1.54, 1.807) is 32.9 Å². The molecule has 1 aromatic carbocycles. The lowest BCUT2D eigenvalue weighted by molar-refractivity contribution is -0.116. The Kier molecular flexibility index (Phi) is 5.87. The first-order valence-electron chi connectivity index (χ1n) is 8.42. The summed E-state index contributed by atoms with van der Waals surface area (Å²) in [5, 5.41) is 9.77. The molecule has 0 saturated carbocycles. The summed E-state index contributed by atoms with van der Waals surface area (Å²) < 4.78 is 27.4. The monoisotopic (exact) mass is 378 g/mol. The number of aromatic amines is 1. The van der Waals surface area contributed by atoms with Crippen molar-refractivity contribution in [1.29, 1.82) is 0 Å². The molecular weight excluding hydrogens is 352 g/mol. The van der Waals surface area contributed by atoms with E-state index >= 15 is 0 Å². The van der Waals surface area contributed by atoms with Crippen molar-refractivity contribution in [2.24, 2.45) is 0 Å². The second-order valence-corrected chi connectivity index (χ2v) is 9.03. The molecule has 0 bridgehead atoms. The minimum absolute atomic E-state index is 0.117. The lowest BCUT2D eigenvalue weighted by Gasteiger charge is -2.20. The molecule has 3 N–H and O–H groups in total. The van der Waals surface area contributed by atoms with E-state index in [-0.39, 0.29) is 10.8 Å². The van der Waals surface area contributed by atoms with Crippen LogP contribution < -0.4 is 10.0 Å². The largest absolute Gasteiger partial charge is 0.326 e. The highest BCUT2D eigenvalue weighted by Crippen LogP contribution is 2.18. The summed E-state index contributed by atoms with van der Waals surface area (Å²) in [5.41, 5.74) is 2.74. The van der Waals surface area contributed by atoms with Crippen LogP contribution in [0, 0.1) is 13.8 Å². The van der Waals surface area contributed by atoms with Gasteiger partial charge in [0.25, 0.3) is 0 Å². The number of nitrogens with zero attached hydrogens (tertiary/aromatic N) is 1. The SMILES string of the molecule is Cc1n[nH]c(C)c1CCC(=O)Nc1cccc(S(=O)(=O)NC(C)(C)C)c1. The molecule has 0 unspecified atom stereocenters. The molecule has 1 aromatic heterocycles. The Labute approximate surface area is 154 Å². The Morgan fingerprint density at radius 3 is 2.50 bits per heavy atom. The average Bonchev–Trinajstić information content (AvgIpc) is 2.82. The lowest BCUT2D eigenvalue weighted by atomic mass is 10.1. The van der Waals surface area contributed by atoms with E-state index in [1.165, 1.54) is 12.1 Å². The first-order valence-corrected chi connectivity index (χ1v) is 9.90. The Balaban J connectivity index is 2.05. The van der Waals surface area contributed by atoms with E-state index in [1.807, 2.05) is 13.8 Å². The molecule has 0 aliphatic heterocycles. The fourth-order valence-electron chi connectivity index (χ4n) is 2.61. The smallest absolute Gasteiger partial charge is 0.241 e. The summed E-state index contributed by atoms with van der Waals surface area (Å²) in [4.78, 5) is 12.3. The molecule has 0 radical (unpaired) electrons. The Morgan fingerprint density at radius 2 is 1.92 bits per heavy atom. The van der Waals surface area contributed by atoms with Crippen molar-refractivity contribution in [2.75, 3.05) is 5.32 Å². The molecule has 26 heavy (non-hydrogen) atoms. The molecule has 2 aromatic rings. The van der Waals surface area contributed by atoms with Crippen molar-refractivity contribution in [2.45, 2.75) is 57.9 Å². The van der Waals surface area contributed by atoms with E-state index in [0.29, 0.717) is 18.5 Å². The molecule has 0 saturated heterocycles. The summed E-state index contributed by atoms with van der Waals surface area (Å²) in [7, 11) is -3.65. The lowest BCUT2D eigenvalue weighted by Crippen LogP contribution is -2.40. The highest BCUT2D eigenvalue weighted by Gasteiger charge is 2.22.